The molecule has 0 spiro atoms. The lowest BCUT2D eigenvalue weighted by molar-refractivity contribution is 0.296. The van der Waals surface area contributed by atoms with Gasteiger partial charge >= 0.3 is 0 Å². The van der Waals surface area contributed by atoms with Crippen LogP contribution < -0.4 is 4.74 Å². The quantitative estimate of drug-likeness (QED) is 0.611. The fourth-order valence-corrected chi connectivity index (χ4v) is 1.77. The van der Waals surface area contributed by atoms with Gasteiger partial charge in [-0.2, -0.15) is 4.98 Å². The Balaban J connectivity index is 1.80. The second-order valence-electron chi connectivity index (χ2n) is 4.06. The summed E-state index contributed by atoms with van der Waals surface area (Å²) in [6.07, 6.45) is 3.62. The van der Waals surface area contributed by atoms with Crippen LogP contribution in [0.1, 0.15) is 17.5 Å². The van der Waals surface area contributed by atoms with Gasteiger partial charge in [0.25, 0.3) is 0 Å². The lowest BCUT2D eigenvalue weighted by atomic mass is 10.1. The molecular formula is C14H15ClN2O. The van der Waals surface area contributed by atoms with E-state index in [1.54, 1.807) is 6.20 Å². The van der Waals surface area contributed by atoms with E-state index in [-0.39, 0.29) is 5.28 Å². The molecule has 0 N–H and O–H groups in total. The minimum atomic E-state index is 0.221. The molecule has 0 fully saturated rings. The molecule has 0 amide bonds. The Kier molecular flexibility index (Phi) is 4.53. The molecule has 0 unspecified atom stereocenters. The maximum atomic E-state index is 5.72. The molecule has 18 heavy (non-hydrogen) atoms. The van der Waals surface area contributed by atoms with E-state index in [0.29, 0.717) is 12.5 Å². The molecule has 94 valence electrons. The summed E-state index contributed by atoms with van der Waals surface area (Å²) >= 11 is 5.72. The summed E-state index contributed by atoms with van der Waals surface area (Å²) in [6, 6.07) is 10.3. The van der Waals surface area contributed by atoms with Crippen molar-refractivity contribution in [1.82, 2.24) is 9.97 Å². The maximum absolute atomic E-state index is 5.72. The van der Waals surface area contributed by atoms with E-state index in [9.17, 15) is 0 Å². The SMILES string of the molecule is Cc1cnc(Cl)nc1OCCCc1ccccc1. The van der Waals surface area contributed by atoms with Crippen LogP contribution in [0.15, 0.2) is 36.5 Å². The number of benzene rings is 1. The fraction of sp³-hybridized carbons (Fsp3) is 0.286. The molecule has 0 saturated carbocycles. The number of nitrogens with zero attached hydrogens (tertiary/aromatic N) is 2. The Morgan fingerprint density at radius 1 is 1.22 bits per heavy atom. The zero-order valence-corrected chi connectivity index (χ0v) is 11.0. The first-order valence-electron chi connectivity index (χ1n) is 5.91. The average molecular weight is 263 g/mol. The van der Waals surface area contributed by atoms with Gasteiger partial charge in [0.1, 0.15) is 0 Å². The molecule has 0 atom stereocenters. The number of hydrogen-bond acceptors (Lipinski definition) is 3. The summed E-state index contributed by atoms with van der Waals surface area (Å²) < 4.78 is 5.60. The first kappa shape index (κ1) is 12.8. The zero-order valence-electron chi connectivity index (χ0n) is 10.3. The summed E-state index contributed by atoms with van der Waals surface area (Å²) in [6.45, 7) is 2.53. The summed E-state index contributed by atoms with van der Waals surface area (Å²) in [5.74, 6) is 0.572. The van der Waals surface area contributed by atoms with Crippen molar-refractivity contribution < 1.29 is 4.74 Å². The number of ether oxygens (including phenoxy) is 1. The van der Waals surface area contributed by atoms with Gasteiger partial charge in [-0.25, -0.2) is 4.98 Å². The smallest absolute Gasteiger partial charge is 0.225 e. The van der Waals surface area contributed by atoms with Gasteiger partial charge in [-0.15, -0.1) is 0 Å². The van der Waals surface area contributed by atoms with Crippen molar-refractivity contribution in [3.8, 4) is 5.88 Å². The Labute approximate surface area is 112 Å². The Morgan fingerprint density at radius 3 is 2.78 bits per heavy atom. The van der Waals surface area contributed by atoms with Crippen molar-refractivity contribution in [1.29, 1.82) is 0 Å². The first-order chi connectivity index (χ1) is 8.75. The normalized spacial score (nSPS) is 10.3. The lowest BCUT2D eigenvalue weighted by Crippen LogP contribution is -2.03. The van der Waals surface area contributed by atoms with Crippen molar-refractivity contribution in [2.45, 2.75) is 19.8 Å². The Hall–Kier alpha value is -1.61. The Morgan fingerprint density at radius 2 is 2.00 bits per heavy atom. The molecule has 0 saturated heterocycles. The molecule has 0 aliphatic carbocycles. The van der Waals surface area contributed by atoms with Gasteiger partial charge in [0.2, 0.25) is 11.2 Å². The number of aromatic nitrogens is 2. The number of halogens is 1. The molecular weight excluding hydrogens is 248 g/mol. The van der Waals surface area contributed by atoms with E-state index in [1.807, 2.05) is 25.1 Å². The van der Waals surface area contributed by atoms with Crippen LogP contribution in [0.3, 0.4) is 0 Å². The molecule has 2 aromatic rings. The third kappa shape index (κ3) is 3.70. The molecule has 1 aromatic heterocycles. The highest BCUT2D eigenvalue weighted by Crippen LogP contribution is 2.15. The van der Waals surface area contributed by atoms with Crippen molar-refractivity contribution in [3.63, 3.8) is 0 Å². The molecule has 1 heterocycles. The van der Waals surface area contributed by atoms with Crippen LogP contribution in [0, 0.1) is 6.92 Å². The topological polar surface area (TPSA) is 35.0 Å². The summed E-state index contributed by atoms with van der Waals surface area (Å²) in [5, 5.41) is 0.221. The molecule has 3 nitrogen and oxygen atoms in total. The summed E-state index contributed by atoms with van der Waals surface area (Å²) in [7, 11) is 0. The maximum Gasteiger partial charge on any atom is 0.225 e. The molecule has 4 heteroatoms. The van der Waals surface area contributed by atoms with E-state index >= 15 is 0 Å². The number of hydrogen-bond donors (Lipinski definition) is 0. The van der Waals surface area contributed by atoms with E-state index in [1.165, 1.54) is 5.56 Å². The van der Waals surface area contributed by atoms with Gasteiger partial charge in [-0.3, -0.25) is 0 Å². The second-order valence-corrected chi connectivity index (χ2v) is 4.40. The standard InChI is InChI=1S/C14H15ClN2O/c1-11-10-16-14(15)17-13(11)18-9-5-8-12-6-3-2-4-7-12/h2-4,6-7,10H,5,8-9H2,1H3. The van der Waals surface area contributed by atoms with Crippen molar-refractivity contribution in [2.75, 3.05) is 6.61 Å². The predicted molar refractivity (Wildman–Crippen MR) is 72.0 cm³/mol. The molecule has 0 aliphatic rings. The van der Waals surface area contributed by atoms with Crippen LogP contribution in [-0.4, -0.2) is 16.6 Å². The van der Waals surface area contributed by atoms with Gasteiger partial charge in [-0.05, 0) is 36.9 Å². The van der Waals surface area contributed by atoms with E-state index in [4.69, 9.17) is 16.3 Å². The van der Waals surface area contributed by atoms with E-state index in [0.717, 1.165) is 18.4 Å². The van der Waals surface area contributed by atoms with Gasteiger partial charge in [0.05, 0.1) is 6.61 Å². The van der Waals surface area contributed by atoms with Crippen molar-refractivity contribution in [2.24, 2.45) is 0 Å². The molecule has 0 radical (unpaired) electrons. The highest BCUT2D eigenvalue weighted by Gasteiger charge is 2.03. The number of rotatable bonds is 5. The first-order valence-corrected chi connectivity index (χ1v) is 6.29. The lowest BCUT2D eigenvalue weighted by Gasteiger charge is -2.07. The Bertz CT molecular complexity index is 502. The van der Waals surface area contributed by atoms with Gasteiger partial charge < -0.3 is 4.74 Å². The largest absolute Gasteiger partial charge is 0.477 e. The van der Waals surface area contributed by atoms with Crippen LogP contribution in [0.4, 0.5) is 0 Å². The number of aryl methyl sites for hydroxylation is 2. The summed E-state index contributed by atoms with van der Waals surface area (Å²) in [4.78, 5) is 7.94. The van der Waals surface area contributed by atoms with Gasteiger partial charge in [0, 0.05) is 11.8 Å². The molecule has 0 bridgehead atoms. The van der Waals surface area contributed by atoms with Crippen molar-refractivity contribution in [3.05, 3.63) is 52.9 Å². The van der Waals surface area contributed by atoms with Crippen LogP contribution in [0.25, 0.3) is 0 Å². The minimum absolute atomic E-state index is 0.221. The van der Waals surface area contributed by atoms with Crippen LogP contribution in [-0.2, 0) is 6.42 Å². The molecule has 1 aromatic carbocycles. The van der Waals surface area contributed by atoms with Crippen LogP contribution in [0.5, 0.6) is 5.88 Å². The fourth-order valence-electron chi connectivity index (χ4n) is 1.64. The van der Waals surface area contributed by atoms with Crippen molar-refractivity contribution >= 4 is 11.6 Å². The van der Waals surface area contributed by atoms with E-state index in [2.05, 4.69) is 22.1 Å². The van der Waals surface area contributed by atoms with Gasteiger partial charge in [0.15, 0.2) is 0 Å². The van der Waals surface area contributed by atoms with Crippen LogP contribution >= 0.6 is 11.6 Å². The minimum Gasteiger partial charge on any atom is -0.477 e. The van der Waals surface area contributed by atoms with Crippen LogP contribution in [0.2, 0.25) is 5.28 Å². The zero-order chi connectivity index (χ0) is 12.8. The summed E-state index contributed by atoms with van der Waals surface area (Å²) in [5.41, 5.74) is 2.22. The second kappa shape index (κ2) is 6.36. The highest BCUT2D eigenvalue weighted by molar-refractivity contribution is 6.28. The monoisotopic (exact) mass is 262 g/mol. The molecule has 2 rings (SSSR count). The molecule has 0 aliphatic heterocycles. The third-order valence-electron chi connectivity index (χ3n) is 2.59. The third-order valence-corrected chi connectivity index (χ3v) is 2.77. The van der Waals surface area contributed by atoms with Gasteiger partial charge in [-0.1, -0.05) is 30.3 Å². The highest BCUT2D eigenvalue weighted by atomic mass is 35.5. The predicted octanol–water partition coefficient (Wildman–Crippen LogP) is 3.45. The van der Waals surface area contributed by atoms with E-state index < -0.39 is 0 Å². The average Bonchev–Trinajstić information content (AvgIpc) is 2.40.